The molecule has 1 aliphatic heterocycles. The van der Waals surface area contributed by atoms with Gasteiger partial charge in [-0.25, -0.2) is 4.39 Å². The van der Waals surface area contributed by atoms with Crippen LogP contribution in [0.25, 0.3) is 0 Å². The van der Waals surface area contributed by atoms with Crippen LogP contribution in [0.5, 0.6) is 0 Å². The molecular weight excluding hydrogens is 279 g/mol. The molecule has 0 saturated heterocycles. The van der Waals surface area contributed by atoms with Crippen LogP contribution in [0.1, 0.15) is 17.3 Å². The Morgan fingerprint density at radius 2 is 2.10 bits per heavy atom. The van der Waals surface area contributed by atoms with Gasteiger partial charge >= 0.3 is 0 Å². The van der Waals surface area contributed by atoms with Crippen LogP contribution in [0, 0.1) is 5.82 Å². The number of rotatable bonds is 5. The highest BCUT2D eigenvalue weighted by molar-refractivity contribution is 6.17. The van der Waals surface area contributed by atoms with Gasteiger partial charge in [-0.15, -0.1) is 0 Å². The molecule has 0 bridgehead atoms. The van der Waals surface area contributed by atoms with Crippen molar-refractivity contribution in [2.24, 2.45) is 0 Å². The molecule has 21 heavy (non-hydrogen) atoms. The zero-order valence-corrected chi connectivity index (χ0v) is 11.2. The van der Waals surface area contributed by atoms with E-state index >= 15 is 0 Å². The molecule has 0 spiro atoms. The van der Waals surface area contributed by atoms with Crippen LogP contribution in [0.15, 0.2) is 30.0 Å². The van der Waals surface area contributed by atoms with Gasteiger partial charge in [0, 0.05) is 11.6 Å². The molecule has 0 aromatic heterocycles. The van der Waals surface area contributed by atoms with E-state index in [-0.39, 0.29) is 35.9 Å². The topological polar surface area (TPSA) is 86.7 Å². The van der Waals surface area contributed by atoms with E-state index in [0.717, 1.165) is 17.0 Å². The number of carbonyl (C=O) groups is 3. The minimum Gasteiger partial charge on any atom is -0.395 e. The number of imide groups is 1. The molecule has 7 heteroatoms. The highest BCUT2D eigenvalue weighted by Crippen LogP contribution is 2.24. The zero-order chi connectivity index (χ0) is 15.6. The summed E-state index contributed by atoms with van der Waals surface area (Å²) in [5.41, 5.74) is -0.207. The van der Waals surface area contributed by atoms with Gasteiger partial charge in [-0.3, -0.25) is 19.3 Å². The SMILES string of the molecule is CC(=O)c1cccc(F)c1NC1=CC(=O)N(CCO)C1=O. The smallest absolute Gasteiger partial charge is 0.277 e. The predicted octanol–water partition coefficient (Wildman–Crippen LogP) is 0.685. The average molecular weight is 292 g/mol. The van der Waals surface area contributed by atoms with Crippen molar-refractivity contribution in [3.8, 4) is 0 Å². The Hall–Kier alpha value is -2.54. The number of aliphatic hydroxyl groups is 1. The molecule has 1 heterocycles. The number of amides is 2. The number of Topliss-reactive ketones (excluding diaryl/α,β-unsaturated/α-hetero) is 1. The summed E-state index contributed by atoms with van der Waals surface area (Å²) in [5, 5.41) is 11.3. The van der Waals surface area contributed by atoms with E-state index in [1.54, 1.807) is 0 Å². The molecule has 2 N–H and O–H groups in total. The second-order valence-electron chi connectivity index (χ2n) is 4.42. The van der Waals surface area contributed by atoms with Gasteiger partial charge in [-0.1, -0.05) is 6.07 Å². The van der Waals surface area contributed by atoms with Crippen LogP contribution in [-0.4, -0.2) is 40.8 Å². The molecule has 1 aliphatic rings. The van der Waals surface area contributed by atoms with Gasteiger partial charge < -0.3 is 10.4 Å². The van der Waals surface area contributed by atoms with Gasteiger partial charge in [0.15, 0.2) is 5.78 Å². The quantitative estimate of drug-likeness (QED) is 0.616. The lowest BCUT2D eigenvalue weighted by Gasteiger charge is -2.14. The van der Waals surface area contributed by atoms with Crippen molar-refractivity contribution in [3.63, 3.8) is 0 Å². The predicted molar refractivity (Wildman–Crippen MR) is 71.9 cm³/mol. The molecule has 0 radical (unpaired) electrons. The Morgan fingerprint density at radius 1 is 1.38 bits per heavy atom. The molecule has 0 atom stereocenters. The molecule has 2 rings (SSSR count). The highest BCUT2D eigenvalue weighted by Gasteiger charge is 2.31. The summed E-state index contributed by atoms with van der Waals surface area (Å²) in [7, 11) is 0. The van der Waals surface area contributed by atoms with Gasteiger partial charge in [0.05, 0.1) is 18.8 Å². The number of anilines is 1. The van der Waals surface area contributed by atoms with Gasteiger partial charge in [0.25, 0.3) is 11.8 Å². The maximum atomic E-state index is 13.8. The van der Waals surface area contributed by atoms with Crippen molar-refractivity contribution >= 4 is 23.3 Å². The van der Waals surface area contributed by atoms with Crippen LogP contribution in [0.4, 0.5) is 10.1 Å². The normalized spacial score (nSPS) is 14.4. The molecule has 0 fully saturated rings. The fourth-order valence-corrected chi connectivity index (χ4v) is 1.99. The number of β-amino-alcohol motifs (C(OH)–C–C–N with tert-alkyl or cyclic N) is 1. The Labute approximate surface area is 119 Å². The summed E-state index contributed by atoms with van der Waals surface area (Å²) in [6, 6.07) is 3.94. The van der Waals surface area contributed by atoms with Crippen molar-refractivity contribution in [1.82, 2.24) is 4.90 Å². The maximum Gasteiger partial charge on any atom is 0.277 e. The number of nitrogens with zero attached hydrogens (tertiary/aromatic N) is 1. The Kier molecular flexibility index (Phi) is 4.13. The number of aliphatic hydroxyl groups excluding tert-OH is 1. The lowest BCUT2D eigenvalue weighted by Crippen LogP contribution is -2.34. The Bertz CT molecular complexity index is 654. The molecule has 110 valence electrons. The number of nitrogens with one attached hydrogen (secondary N) is 1. The lowest BCUT2D eigenvalue weighted by atomic mass is 10.1. The van der Waals surface area contributed by atoms with Gasteiger partial charge in [-0.05, 0) is 19.1 Å². The minimum atomic E-state index is -0.704. The van der Waals surface area contributed by atoms with E-state index < -0.39 is 17.6 Å². The largest absolute Gasteiger partial charge is 0.395 e. The summed E-state index contributed by atoms with van der Waals surface area (Å²) in [5.74, 6) is -2.35. The van der Waals surface area contributed by atoms with E-state index in [9.17, 15) is 18.8 Å². The van der Waals surface area contributed by atoms with Crippen molar-refractivity contribution in [3.05, 3.63) is 41.4 Å². The number of hydrogen-bond acceptors (Lipinski definition) is 5. The van der Waals surface area contributed by atoms with Crippen molar-refractivity contribution in [2.45, 2.75) is 6.92 Å². The van der Waals surface area contributed by atoms with Crippen molar-refractivity contribution in [2.75, 3.05) is 18.5 Å². The second kappa shape index (κ2) is 5.84. The van der Waals surface area contributed by atoms with Crippen LogP contribution >= 0.6 is 0 Å². The number of hydrogen-bond donors (Lipinski definition) is 2. The maximum absolute atomic E-state index is 13.8. The lowest BCUT2D eigenvalue weighted by molar-refractivity contribution is -0.137. The van der Waals surface area contributed by atoms with Gasteiger partial charge in [0.2, 0.25) is 0 Å². The highest BCUT2D eigenvalue weighted by atomic mass is 19.1. The fraction of sp³-hybridized carbons (Fsp3) is 0.214. The molecule has 1 aromatic carbocycles. The minimum absolute atomic E-state index is 0.0803. The third-order valence-corrected chi connectivity index (χ3v) is 2.99. The Morgan fingerprint density at radius 3 is 2.71 bits per heavy atom. The van der Waals surface area contributed by atoms with E-state index in [0.29, 0.717) is 0 Å². The third-order valence-electron chi connectivity index (χ3n) is 2.99. The number of benzene rings is 1. The van der Waals surface area contributed by atoms with E-state index in [2.05, 4.69) is 5.32 Å². The summed E-state index contributed by atoms with van der Waals surface area (Å²) in [6.07, 6.45) is 1.01. The zero-order valence-electron chi connectivity index (χ0n) is 11.2. The van der Waals surface area contributed by atoms with Gasteiger partial charge in [-0.2, -0.15) is 0 Å². The van der Waals surface area contributed by atoms with Crippen molar-refractivity contribution < 1.29 is 23.9 Å². The standard InChI is InChI=1S/C14H13FN2O4/c1-8(19)9-3-2-4-10(15)13(9)16-11-7-12(20)17(5-6-18)14(11)21/h2-4,7,16,18H,5-6H2,1H3. The summed E-state index contributed by atoms with van der Waals surface area (Å²) in [4.78, 5) is 35.9. The number of carbonyl (C=O) groups excluding carboxylic acids is 3. The molecule has 1 aromatic rings. The fourth-order valence-electron chi connectivity index (χ4n) is 1.99. The first-order valence-electron chi connectivity index (χ1n) is 6.20. The first kappa shape index (κ1) is 14.9. The molecule has 2 amide bonds. The molecule has 0 unspecified atom stereocenters. The number of para-hydroxylation sites is 1. The summed E-state index contributed by atoms with van der Waals surface area (Å²) >= 11 is 0. The van der Waals surface area contributed by atoms with Crippen molar-refractivity contribution in [1.29, 1.82) is 0 Å². The number of halogens is 1. The average Bonchev–Trinajstić information content (AvgIpc) is 2.69. The molecule has 0 saturated carbocycles. The van der Waals surface area contributed by atoms with E-state index in [4.69, 9.17) is 5.11 Å². The second-order valence-corrected chi connectivity index (χ2v) is 4.42. The first-order chi connectivity index (χ1) is 9.95. The van der Waals surface area contributed by atoms with E-state index in [1.807, 2.05) is 0 Å². The first-order valence-corrected chi connectivity index (χ1v) is 6.20. The van der Waals surface area contributed by atoms with Crippen LogP contribution in [0.3, 0.4) is 0 Å². The number of ketones is 1. The molecular formula is C14H13FN2O4. The monoisotopic (exact) mass is 292 g/mol. The summed E-state index contributed by atoms with van der Waals surface area (Å²) < 4.78 is 13.8. The third kappa shape index (κ3) is 2.82. The summed E-state index contributed by atoms with van der Waals surface area (Å²) in [6.45, 7) is 0.765. The van der Waals surface area contributed by atoms with Crippen LogP contribution in [-0.2, 0) is 9.59 Å². The Balaban J connectivity index is 2.32. The van der Waals surface area contributed by atoms with Crippen LogP contribution < -0.4 is 5.32 Å². The molecule has 6 nitrogen and oxygen atoms in total. The van der Waals surface area contributed by atoms with Crippen LogP contribution in [0.2, 0.25) is 0 Å². The van der Waals surface area contributed by atoms with Gasteiger partial charge in [0.1, 0.15) is 11.5 Å². The van der Waals surface area contributed by atoms with E-state index in [1.165, 1.54) is 19.1 Å². The molecule has 0 aliphatic carbocycles.